The first-order chi connectivity index (χ1) is 7.40. The minimum atomic E-state index is 0.692. The minimum Gasteiger partial charge on any atom is -0.501 e. The number of allylic oxidation sites excluding steroid dienone is 2. The molecule has 0 spiro atoms. The Labute approximate surface area is 93.2 Å². The first-order valence-electron chi connectivity index (χ1n) is 6.40. The van der Waals surface area contributed by atoms with Gasteiger partial charge in [0, 0.05) is 5.92 Å². The highest BCUT2D eigenvalue weighted by atomic mass is 16.5. The lowest BCUT2D eigenvalue weighted by Gasteiger charge is -2.29. The molecule has 2 aliphatic rings. The lowest BCUT2D eigenvalue weighted by molar-refractivity contribution is 0.184. The maximum absolute atomic E-state index is 5.35. The molecule has 2 rings (SSSR count). The Hall–Kier alpha value is -0.720. The van der Waals surface area contributed by atoms with Crippen LogP contribution in [0.2, 0.25) is 0 Å². The van der Waals surface area contributed by atoms with Crippen LogP contribution >= 0.6 is 0 Å². The third kappa shape index (κ3) is 2.87. The van der Waals surface area contributed by atoms with Gasteiger partial charge in [0.15, 0.2) is 0 Å². The van der Waals surface area contributed by atoms with Crippen molar-refractivity contribution >= 4 is 0 Å². The molecule has 1 aliphatic carbocycles. The van der Waals surface area contributed by atoms with Gasteiger partial charge < -0.3 is 4.74 Å². The Bertz CT molecular complexity index is 252. The van der Waals surface area contributed by atoms with E-state index in [0.717, 1.165) is 12.5 Å². The van der Waals surface area contributed by atoms with Crippen molar-refractivity contribution in [3.63, 3.8) is 0 Å². The maximum atomic E-state index is 5.35. The molecule has 2 atom stereocenters. The Kier molecular flexibility index (Phi) is 3.87. The van der Waals surface area contributed by atoms with Crippen LogP contribution in [0.5, 0.6) is 0 Å². The Balaban J connectivity index is 1.87. The van der Waals surface area contributed by atoms with Crippen molar-refractivity contribution in [2.75, 3.05) is 6.61 Å². The van der Waals surface area contributed by atoms with E-state index in [1.807, 2.05) is 6.26 Å². The quantitative estimate of drug-likeness (QED) is 0.630. The van der Waals surface area contributed by atoms with Gasteiger partial charge in [0.05, 0.1) is 12.9 Å². The molecule has 0 aromatic heterocycles. The molecule has 0 fully saturated rings. The van der Waals surface area contributed by atoms with Gasteiger partial charge in [0.1, 0.15) is 0 Å². The highest BCUT2D eigenvalue weighted by Crippen LogP contribution is 2.33. The molecule has 15 heavy (non-hydrogen) atoms. The summed E-state index contributed by atoms with van der Waals surface area (Å²) in [6.45, 7) is 3.18. The van der Waals surface area contributed by atoms with Crippen LogP contribution in [-0.4, -0.2) is 6.61 Å². The normalized spacial score (nSPS) is 29.3. The molecule has 0 aromatic rings. The number of hydrogen-bond acceptors (Lipinski definition) is 1. The van der Waals surface area contributed by atoms with Gasteiger partial charge in [0.2, 0.25) is 0 Å². The summed E-state index contributed by atoms with van der Waals surface area (Å²) >= 11 is 0. The average Bonchev–Trinajstić information content (AvgIpc) is 2.29. The fraction of sp³-hybridized carbons (Fsp3) is 0.714. The van der Waals surface area contributed by atoms with Crippen molar-refractivity contribution in [3.05, 3.63) is 24.0 Å². The molecule has 0 aromatic carbocycles. The molecule has 0 saturated heterocycles. The van der Waals surface area contributed by atoms with E-state index in [4.69, 9.17) is 4.74 Å². The molecule has 1 aliphatic heterocycles. The lowest BCUT2D eigenvalue weighted by Crippen LogP contribution is -2.19. The summed E-state index contributed by atoms with van der Waals surface area (Å²) < 4.78 is 5.35. The number of rotatable bonds is 4. The third-order valence-electron chi connectivity index (χ3n) is 3.62. The highest BCUT2D eigenvalue weighted by Gasteiger charge is 2.23. The molecule has 0 N–H and O–H groups in total. The topological polar surface area (TPSA) is 9.23 Å². The van der Waals surface area contributed by atoms with Crippen molar-refractivity contribution in [2.24, 2.45) is 11.8 Å². The van der Waals surface area contributed by atoms with Gasteiger partial charge in [-0.3, -0.25) is 0 Å². The first-order valence-corrected chi connectivity index (χ1v) is 6.40. The third-order valence-corrected chi connectivity index (χ3v) is 3.62. The second-order valence-corrected chi connectivity index (χ2v) is 4.83. The Morgan fingerprint density at radius 2 is 2.27 bits per heavy atom. The molecule has 2 unspecified atom stereocenters. The van der Waals surface area contributed by atoms with Crippen LogP contribution in [0, 0.1) is 11.8 Å². The summed E-state index contributed by atoms with van der Waals surface area (Å²) in [5, 5.41) is 0. The zero-order chi connectivity index (χ0) is 10.5. The van der Waals surface area contributed by atoms with E-state index in [1.54, 1.807) is 0 Å². The Morgan fingerprint density at radius 3 is 3.13 bits per heavy atom. The number of unbranched alkanes of at least 4 members (excludes halogenated alkanes) is 2. The lowest BCUT2D eigenvalue weighted by atomic mass is 9.80. The number of ether oxygens (including phenoxy) is 1. The van der Waals surface area contributed by atoms with Crippen LogP contribution in [-0.2, 0) is 4.74 Å². The van der Waals surface area contributed by atoms with Gasteiger partial charge in [0.25, 0.3) is 0 Å². The predicted molar refractivity (Wildman–Crippen MR) is 63.5 cm³/mol. The van der Waals surface area contributed by atoms with Crippen molar-refractivity contribution in [3.8, 4) is 0 Å². The summed E-state index contributed by atoms with van der Waals surface area (Å²) in [6.07, 6.45) is 14.7. The maximum Gasteiger partial charge on any atom is 0.0941 e. The molecular formula is C14H22O. The SMILES string of the molecule is CCCCCC1C=C2C=COCC2CC1. The van der Waals surface area contributed by atoms with Gasteiger partial charge in [-0.25, -0.2) is 0 Å². The Morgan fingerprint density at radius 1 is 1.33 bits per heavy atom. The summed E-state index contributed by atoms with van der Waals surface area (Å²) in [4.78, 5) is 0. The van der Waals surface area contributed by atoms with Gasteiger partial charge in [-0.1, -0.05) is 32.3 Å². The molecular weight excluding hydrogens is 184 g/mol. The van der Waals surface area contributed by atoms with E-state index < -0.39 is 0 Å². The zero-order valence-electron chi connectivity index (χ0n) is 9.74. The van der Waals surface area contributed by atoms with Crippen LogP contribution in [0.3, 0.4) is 0 Å². The van der Waals surface area contributed by atoms with E-state index in [2.05, 4.69) is 19.1 Å². The summed E-state index contributed by atoms with van der Waals surface area (Å²) in [5.41, 5.74) is 1.54. The van der Waals surface area contributed by atoms with E-state index in [9.17, 15) is 0 Å². The van der Waals surface area contributed by atoms with E-state index >= 15 is 0 Å². The smallest absolute Gasteiger partial charge is 0.0941 e. The van der Waals surface area contributed by atoms with Crippen molar-refractivity contribution < 1.29 is 4.74 Å². The molecule has 84 valence electrons. The van der Waals surface area contributed by atoms with Crippen LogP contribution < -0.4 is 0 Å². The molecule has 0 bridgehead atoms. The van der Waals surface area contributed by atoms with E-state index in [1.165, 1.54) is 44.1 Å². The summed E-state index contributed by atoms with van der Waals surface area (Å²) in [7, 11) is 0. The summed E-state index contributed by atoms with van der Waals surface area (Å²) in [6, 6.07) is 0. The minimum absolute atomic E-state index is 0.692. The summed E-state index contributed by atoms with van der Waals surface area (Å²) in [5.74, 6) is 1.53. The average molecular weight is 206 g/mol. The van der Waals surface area contributed by atoms with Gasteiger partial charge in [-0.2, -0.15) is 0 Å². The molecule has 0 amide bonds. The fourth-order valence-corrected chi connectivity index (χ4v) is 2.63. The van der Waals surface area contributed by atoms with Crippen molar-refractivity contribution in [1.29, 1.82) is 0 Å². The number of fused-ring (bicyclic) bond motifs is 1. The van der Waals surface area contributed by atoms with Gasteiger partial charge in [-0.05, 0) is 36.8 Å². The molecule has 1 nitrogen and oxygen atoms in total. The predicted octanol–water partition coefficient (Wildman–Crippen LogP) is 4.06. The van der Waals surface area contributed by atoms with Crippen LogP contribution in [0.15, 0.2) is 24.0 Å². The van der Waals surface area contributed by atoms with E-state index in [0.29, 0.717) is 5.92 Å². The monoisotopic (exact) mass is 206 g/mol. The molecule has 1 heteroatoms. The molecule has 0 radical (unpaired) electrons. The highest BCUT2D eigenvalue weighted by molar-refractivity contribution is 5.25. The van der Waals surface area contributed by atoms with Crippen LogP contribution in [0.25, 0.3) is 0 Å². The van der Waals surface area contributed by atoms with Crippen LogP contribution in [0.4, 0.5) is 0 Å². The van der Waals surface area contributed by atoms with E-state index in [-0.39, 0.29) is 0 Å². The first kappa shape index (κ1) is 10.8. The molecule has 1 heterocycles. The fourth-order valence-electron chi connectivity index (χ4n) is 2.63. The standard InChI is InChI=1S/C14H22O/c1-2-3-4-5-12-6-7-14-11-15-9-8-13(14)10-12/h8-10,12,14H,2-7,11H2,1H3. The van der Waals surface area contributed by atoms with Gasteiger partial charge >= 0.3 is 0 Å². The second-order valence-electron chi connectivity index (χ2n) is 4.83. The van der Waals surface area contributed by atoms with Crippen molar-refractivity contribution in [1.82, 2.24) is 0 Å². The molecule has 0 saturated carbocycles. The van der Waals surface area contributed by atoms with Gasteiger partial charge in [-0.15, -0.1) is 0 Å². The second kappa shape index (κ2) is 5.39. The zero-order valence-corrected chi connectivity index (χ0v) is 9.74. The van der Waals surface area contributed by atoms with Crippen LogP contribution in [0.1, 0.15) is 45.4 Å². The number of hydrogen-bond donors (Lipinski definition) is 0. The van der Waals surface area contributed by atoms with Crippen molar-refractivity contribution in [2.45, 2.75) is 45.4 Å². The largest absolute Gasteiger partial charge is 0.501 e.